The molecule has 0 saturated heterocycles. The molecule has 86 valence electrons. The van der Waals surface area contributed by atoms with Gasteiger partial charge in [0, 0.05) is 6.54 Å². The minimum atomic E-state index is 0.842. The number of hydrogen-bond donors (Lipinski definition) is 1. The van der Waals surface area contributed by atoms with Crippen molar-refractivity contribution < 1.29 is 0 Å². The van der Waals surface area contributed by atoms with E-state index in [4.69, 9.17) is 0 Å². The summed E-state index contributed by atoms with van der Waals surface area (Å²) < 4.78 is 0. The van der Waals surface area contributed by atoms with Crippen molar-refractivity contribution in [3.05, 3.63) is 0 Å². The maximum Gasteiger partial charge on any atom is 0.000681 e. The van der Waals surface area contributed by atoms with Crippen molar-refractivity contribution >= 4 is 0 Å². The van der Waals surface area contributed by atoms with E-state index >= 15 is 0 Å². The second-order valence-electron chi connectivity index (χ2n) is 4.11. The third kappa shape index (κ3) is 7.34. The molecule has 2 nitrogen and oxygen atoms in total. The summed E-state index contributed by atoms with van der Waals surface area (Å²) >= 11 is 0. The summed E-state index contributed by atoms with van der Waals surface area (Å²) in [6.07, 6.45) is 2.57. The lowest BCUT2D eigenvalue weighted by Crippen LogP contribution is -2.31. The molecule has 1 unspecified atom stereocenters. The Morgan fingerprint density at radius 1 is 1.21 bits per heavy atom. The Morgan fingerprint density at radius 3 is 2.43 bits per heavy atom. The monoisotopic (exact) mass is 200 g/mol. The molecule has 0 radical (unpaired) electrons. The number of nitrogens with zero attached hydrogens (tertiary/aromatic N) is 1. The average Bonchev–Trinajstić information content (AvgIpc) is 2.22. The summed E-state index contributed by atoms with van der Waals surface area (Å²) in [6, 6.07) is 0. The fourth-order valence-corrected chi connectivity index (χ4v) is 1.55. The van der Waals surface area contributed by atoms with E-state index in [9.17, 15) is 0 Å². The molecule has 0 aliphatic rings. The molecule has 0 aromatic heterocycles. The quantitative estimate of drug-likeness (QED) is 0.575. The minimum absolute atomic E-state index is 0.842. The highest BCUT2D eigenvalue weighted by Gasteiger charge is 2.05. The Bertz CT molecular complexity index is 115. The van der Waals surface area contributed by atoms with E-state index < -0.39 is 0 Å². The summed E-state index contributed by atoms with van der Waals surface area (Å²) in [5, 5.41) is 3.37. The van der Waals surface area contributed by atoms with Crippen LogP contribution in [-0.2, 0) is 0 Å². The second-order valence-corrected chi connectivity index (χ2v) is 4.11. The van der Waals surface area contributed by atoms with E-state index in [0.717, 1.165) is 19.0 Å². The first-order valence-corrected chi connectivity index (χ1v) is 6.17. The van der Waals surface area contributed by atoms with E-state index in [-0.39, 0.29) is 0 Å². The Hall–Kier alpha value is -0.0800. The highest BCUT2D eigenvalue weighted by Crippen LogP contribution is 2.04. The minimum Gasteiger partial charge on any atom is -0.317 e. The zero-order chi connectivity index (χ0) is 10.8. The van der Waals surface area contributed by atoms with E-state index in [1.807, 2.05) is 0 Å². The van der Waals surface area contributed by atoms with Gasteiger partial charge in [-0.1, -0.05) is 34.1 Å². The van der Waals surface area contributed by atoms with Crippen LogP contribution < -0.4 is 5.32 Å². The van der Waals surface area contributed by atoms with Crippen LogP contribution in [0.25, 0.3) is 0 Å². The summed E-state index contributed by atoms with van der Waals surface area (Å²) in [4.78, 5) is 2.56. The van der Waals surface area contributed by atoms with E-state index in [1.165, 1.54) is 32.5 Å². The first-order chi connectivity index (χ1) is 6.74. The molecule has 14 heavy (non-hydrogen) atoms. The lowest BCUT2D eigenvalue weighted by atomic mass is 10.1. The zero-order valence-electron chi connectivity index (χ0n) is 10.5. The molecule has 0 saturated carbocycles. The van der Waals surface area contributed by atoms with Crippen LogP contribution in [0.15, 0.2) is 0 Å². The molecule has 0 amide bonds. The van der Waals surface area contributed by atoms with Gasteiger partial charge in [0.05, 0.1) is 0 Å². The fraction of sp³-hybridized carbons (Fsp3) is 1.00. The lowest BCUT2D eigenvalue weighted by Gasteiger charge is -2.23. The summed E-state index contributed by atoms with van der Waals surface area (Å²) in [5.74, 6) is 0.842. The topological polar surface area (TPSA) is 15.3 Å². The standard InChI is InChI=1S/C12H28N2/c1-5-12(4)11-14(7-3)10-8-9-13-6-2/h12-13H,5-11H2,1-4H3. The molecule has 0 fully saturated rings. The van der Waals surface area contributed by atoms with Crippen molar-refractivity contribution in [3.63, 3.8) is 0 Å². The van der Waals surface area contributed by atoms with Gasteiger partial charge in [0.2, 0.25) is 0 Å². The van der Waals surface area contributed by atoms with Gasteiger partial charge in [0.25, 0.3) is 0 Å². The van der Waals surface area contributed by atoms with Gasteiger partial charge in [-0.15, -0.1) is 0 Å². The van der Waals surface area contributed by atoms with Gasteiger partial charge in [-0.05, 0) is 38.5 Å². The SMILES string of the molecule is CCNCCCN(CC)CC(C)CC. The molecule has 0 aliphatic heterocycles. The van der Waals surface area contributed by atoms with Crippen LogP contribution >= 0.6 is 0 Å². The average molecular weight is 200 g/mol. The number of nitrogens with one attached hydrogen (secondary N) is 1. The van der Waals surface area contributed by atoms with Crippen molar-refractivity contribution in [1.29, 1.82) is 0 Å². The Kier molecular flexibility index (Phi) is 9.42. The third-order valence-electron chi connectivity index (χ3n) is 2.79. The molecule has 0 aromatic carbocycles. The van der Waals surface area contributed by atoms with Crippen LogP contribution in [0.3, 0.4) is 0 Å². The molecule has 0 rings (SSSR count). The zero-order valence-corrected chi connectivity index (χ0v) is 10.5. The van der Waals surface area contributed by atoms with Crippen LogP contribution in [-0.4, -0.2) is 37.6 Å². The molecule has 1 N–H and O–H groups in total. The highest BCUT2D eigenvalue weighted by atomic mass is 15.1. The van der Waals surface area contributed by atoms with Gasteiger partial charge in [-0.2, -0.15) is 0 Å². The summed E-state index contributed by atoms with van der Waals surface area (Å²) in [5.41, 5.74) is 0. The molecule has 1 atom stereocenters. The fourth-order valence-electron chi connectivity index (χ4n) is 1.55. The Morgan fingerprint density at radius 2 is 1.93 bits per heavy atom. The van der Waals surface area contributed by atoms with E-state index in [2.05, 4.69) is 37.9 Å². The van der Waals surface area contributed by atoms with Crippen LogP contribution in [0.4, 0.5) is 0 Å². The number of rotatable bonds is 9. The Balaban J connectivity index is 3.47. The first-order valence-electron chi connectivity index (χ1n) is 6.17. The highest BCUT2D eigenvalue weighted by molar-refractivity contribution is 4.61. The van der Waals surface area contributed by atoms with Gasteiger partial charge >= 0.3 is 0 Å². The largest absolute Gasteiger partial charge is 0.317 e. The van der Waals surface area contributed by atoms with Crippen molar-refractivity contribution in [3.8, 4) is 0 Å². The first kappa shape index (κ1) is 13.9. The van der Waals surface area contributed by atoms with Crippen LogP contribution in [0.1, 0.15) is 40.5 Å². The molecule has 0 spiro atoms. The molecule has 0 bridgehead atoms. The van der Waals surface area contributed by atoms with Gasteiger partial charge in [-0.3, -0.25) is 0 Å². The normalized spacial score (nSPS) is 13.5. The molecule has 2 heteroatoms. The third-order valence-corrected chi connectivity index (χ3v) is 2.79. The Labute approximate surface area is 90.1 Å². The maximum absolute atomic E-state index is 3.37. The summed E-state index contributed by atoms with van der Waals surface area (Å²) in [6.45, 7) is 15.0. The van der Waals surface area contributed by atoms with Gasteiger partial charge in [0.1, 0.15) is 0 Å². The van der Waals surface area contributed by atoms with Gasteiger partial charge in [0.15, 0.2) is 0 Å². The summed E-state index contributed by atoms with van der Waals surface area (Å²) in [7, 11) is 0. The van der Waals surface area contributed by atoms with Crippen molar-refractivity contribution in [2.24, 2.45) is 5.92 Å². The number of hydrogen-bond acceptors (Lipinski definition) is 2. The van der Waals surface area contributed by atoms with E-state index in [0.29, 0.717) is 0 Å². The van der Waals surface area contributed by atoms with Crippen molar-refractivity contribution in [1.82, 2.24) is 10.2 Å². The molecule has 0 aromatic rings. The van der Waals surface area contributed by atoms with Crippen molar-refractivity contribution in [2.45, 2.75) is 40.5 Å². The van der Waals surface area contributed by atoms with Gasteiger partial charge < -0.3 is 10.2 Å². The predicted octanol–water partition coefficient (Wildman–Crippen LogP) is 2.35. The predicted molar refractivity (Wildman–Crippen MR) is 64.7 cm³/mol. The van der Waals surface area contributed by atoms with Crippen LogP contribution in [0, 0.1) is 5.92 Å². The molecular formula is C12H28N2. The van der Waals surface area contributed by atoms with E-state index in [1.54, 1.807) is 0 Å². The van der Waals surface area contributed by atoms with Crippen LogP contribution in [0.2, 0.25) is 0 Å². The smallest absolute Gasteiger partial charge is 0.000681 e. The van der Waals surface area contributed by atoms with Crippen LogP contribution in [0.5, 0.6) is 0 Å². The second kappa shape index (κ2) is 9.47. The molecule has 0 aliphatic carbocycles. The lowest BCUT2D eigenvalue weighted by molar-refractivity contribution is 0.242. The molecular weight excluding hydrogens is 172 g/mol. The van der Waals surface area contributed by atoms with Crippen molar-refractivity contribution in [2.75, 3.05) is 32.7 Å². The van der Waals surface area contributed by atoms with Gasteiger partial charge in [-0.25, -0.2) is 0 Å². The maximum atomic E-state index is 3.37. The molecule has 0 heterocycles.